The Morgan fingerprint density at radius 1 is 0.818 bits per heavy atom. The maximum atomic E-state index is 5.86. The minimum Gasteiger partial charge on any atom is -0.490 e. The molecule has 0 spiro atoms. The summed E-state index contributed by atoms with van der Waals surface area (Å²) in [4.78, 5) is 5.46. The molecule has 0 aliphatic rings. The first kappa shape index (κ1) is 18.9. The molecule has 0 N–H and O–H groups in total. The standard InChI is InChI=1S/C18H20Br2O2/c1-3-5-11-21-17-13-15(7-9-19)16(8-10-20)14-18(17)22-12-6-4-2/h13-14H,3-6,11-12H2,1-2H3. The van der Waals surface area contributed by atoms with Gasteiger partial charge in [-0.05, 0) is 22.5 Å². The molecule has 0 aliphatic carbocycles. The summed E-state index contributed by atoms with van der Waals surface area (Å²) in [6, 6.07) is 3.80. The summed E-state index contributed by atoms with van der Waals surface area (Å²) in [6.45, 7) is 5.62. The first-order chi connectivity index (χ1) is 10.8. The van der Waals surface area contributed by atoms with Crippen molar-refractivity contribution in [2.75, 3.05) is 13.2 Å². The van der Waals surface area contributed by atoms with E-state index in [4.69, 9.17) is 9.47 Å². The minimum atomic E-state index is 0.672. The maximum absolute atomic E-state index is 5.86. The molecule has 118 valence electrons. The number of halogens is 2. The van der Waals surface area contributed by atoms with Crippen LogP contribution in [0.2, 0.25) is 0 Å². The normalized spacial score (nSPS) is 9.27. The monoisotopic (exact) mass is 426 g/mol. The van der Waals surface area contributed by atoms with Crippen LogP contribution in [0.15, 0.2) is 12.1 Å². The van der Waals surface area contributed by atoms with Crippen LogP contribution in [0.1, 0.15) is 50.7 Å². The molecular weight excluding hydrogens is 408 g/mol. The number of hydrogen-bond donors (Lipinski definition) is 0. The summed E-state index contributed by atoms with van der Waals surface area (Å²) in [5.74, 6) is 7.45. The molecule has 1 rings (SSSR count). The number of unbranched alkanes of at least 4 members (excludes halogenated alkanes) is 2. The fourth-order valence-electron chi connectivity index (χ4n) is 1.75. The van der Waals surface area contributed by atoms with E-state index in [1.807, 2.05) is 12.1 Å². The van der Waals surface area contributed by atoms with Crippen molar-refractivity contribution in [3.8, 4) is 33.0 Å². The fraction of sp³-hybridized carbons (Fsp3) is 0.444. The molecule has 2 nitrogen and oxygen atoms in total. The Morgan fingerprint density at radius 2 is 1.23 bits per heavy atom. The van der Waals surface area contributed by atoms with E-state index in [1.165, 1.54) is 0 Å². The van der Waals surface area contributed by atoms with E-state index >= 15 is 0 Å². The molecule has 0 heterocycles. The number of hydrogen-bond acceptors (Lipinski definition) is 2. The van der Waals surface area contributed by atoms with E-state index in [2.05, 4.69) is 67.2 Å². The molecule has 0 saturated heterocycles. The molecule has 4 heteroatoms. The van der Waals surface area contributed by atoms with Gasteiger partial charge in [-0.1, -0.05) is 38.5 Å². The van der Waals surface area contributed by atoms with E-state index in [1.54, 1.807) is 0 Å². The second kappa shape index (κ2) is 11.5. The van der Waals surface area contributed by atoms with Crippen LogP contribution < -0.4 is 9.47 Å². The van der Waals surface area contributed by atoms with Gasteiger partial charge in [-0.25, -0.2) is 0 Å². The maximum Gasteiger partial charge on any atom is 0.162 e. The van der Waals surface area contributed by atoms with Gasteiger partial charge in [0.2, 0.25) is 0 Å². The van der Waals surface area contributed by atoms with Crippen molar-refractivity contribution in [1.29, 1.82) is 0 Å². The molecule has 0 saturated carbocycles. The summed E-state index contributed by atoms with van der Waals surface area (Å²) in [5.41, 5.74) is 1.64. The van der Waals surface area contributed by atoms with Crippen LogP contribution in [0.3, 0.4) is 0 Å². The molecule has 1 aromatic carbocycles. The molecule has 0 radical (unpaired) electrons. The topological polar surface area (TPSA) is 18.5 Å². The quantitative estimate of drug-likeness (QED) is 0.405. The Kier molecular flexibility index (Phi) is 9.87. The molecule has 0 aromatic heterocycles. The lowest BCUT2D eigenvalue weighted by Crippen LogP contribution is -2.03. The second-order valence-corrected chi connectivity index (χ2v) is 5.48. The smallest absolute Gasteiger partial charge is 0.162 e. The Labute approximate surface area is 150 Å². The minimum absolute atomic E-state index is 0.672. The van der Waals surface area contributed by atoms with Gasteiger partial charge in [0.25, 0.3) is 0 Å². The lowest BCUT2D eigenvalue weighted by atomic mass is 10.1. The van der Waals surface area contributed by atoms with Crippen LogP contribution in [0.25, 0.3) is 0 Å². The summed E-state index contributed by atoms with van der Waals surface area (Å²) >= 11 is 6.27. The molecular formula is C18H20Br2O2. The average Bonchev–Trinajstić information content (AvgIpc) is 2.51. The van der Waals surface area contributed by atoms with E-state index in [0.29, 0.717) is 13.2 Å². The number of rotatable bonds is 8. The SMILES string of the molecule is CCCCOc1cc(C#CBr)c(C#CBr)cc1OCCCC. The largest absolute Gasteiger partial charge is 0.490 e. The first-order valence-electron chi connectivity index (χ1n) is 7.43. The molecule has 0 unspecified atom stereocenters. The summed E-state index contributed by atoms with van der Waals surface area (Å²) < 4.78 is 11.7. The van der Waals surface area contributed by atoms with Crippen molar-refractivity contribution in [3.05, 3.63) is 23.3 Å². The number of ether oxygens (including phenoxy) is 2. The van der Waals surface area contributed by atoms with Crippen molar-refractivity contribution < 1.29 is 9.47 Å². The Bertz CT molecular complexity index is 536. The van der Waals surface area contributed by atoms with Gasteiger partial charge in [0.05, 0.1) is 13.2 Å². The van der Waals surface area contributed by atoms with Crippen LogP contribution in [-0.2, 0) is 0 Å². The lowest BCUT2D eigenvalue weighted by Gasteiger charge is -2.14. The molecule has 0 fully saturated rings. The number of benzene rings is 1. The van der Waals surface area contributed by atoms with Crippen molar-refractivity contribution in [3.63, 3.8) is 0 Å². The third-order valence-corrected chi connectivity index (χ3v) is 3.36. The highest BCUT2D eigenvalue weighted by molar-refractivity contribution is 9.12. The van der Waals surface area contributed by atoms with Crippen molar-refractivity contribution >= 4 is 31.9 Å². The van der Waals surface area contributed by atoms with Crippen molar-refractivity contribution in [2.45, 2.75) is 39.5 Å². The highest BCUT2D eigenvalue weighted by Crippen LogP contribution is 2.31. The van der Waals surface area contributed by atoms with Crippen LogP contribution in [0, 0.1) is 21.5 Å². The van der Waals surface area contributed by atoms with Gasteiger partial charge in [0, 0.05) is 55.1 Å². The van der Waals surface area contributed by atoms with Gasteiger partial charge in [0.1, 0.15) is 0 Å². The predicted molar refractivity (Wildman–Crippen MR) is 98.9 cm³/mol. The van der Waals surface area contributed by atoms with Gasteiger partial charge in [-0.2, -0.15) is 0 Å². The van der Waals surface area contributed by atoms with E-state index in [-0.39, 0.29) is 0 Å². The van der Waals surface area contributed by atoms with Gasteiger partial charge in [-0.15, -0.1) is 0 Å². The van der Waals surface area contributed by atoms with E-state index < -0.39 is 0 Å². The lowest BCUT2D eigenvalue weighted by molar-refractivity contribution is 0.262. The third-order valence-electron chi connectivity index (χ3n) is 2.96. The van der Waals surface area contributed by atoms with Crippen LogP contribution in [-0.4, -0.2) is 13.2 Å². The van der Waals surface area contributed by atoms with Crippen LogP contribution in [0.4, 0.5) is 0 Å². The van der Waals surface area contributed by atoms with Gasteiger partial charge in [-0.3, -0.25) is 0 Å². The zero-order valence-electron chi connectivity index (χ0n) is 13.0. The Morgan fingerprint density at radius 3 is 1.55 bits per heavy atom. The van der Waals surface area contributed by atoms with Crippen LogP contribution >= 0.6 is 31.9 Å². The van der Waals surface area contributed by atoms with Crippen molar-refractivity contribution in [2.24, 2.45) is 0 Å². The Hall–Kier alpha value is -1.10. The summed E-state index contributed by atoms with van der Waals surface area (Å²) in [5, 5.41) is 0. The van der Waals surface area contributed by atoms with Gasteiger partial charge in [0.15, 0.2) is 11.5 Å². The zero-order valence-corrected chi connectivity index (χ0v) is 16.1. The molecule has 0 amide bonds. The molecule has 0 atom stereocenters. The van der Waals surface area contributed by atoms with Gasteiger partial charge >= 0.3 is 0 Å². The molecule has 1 aromatic rings. The van der Waals surface area contributed by atoms with E-state index in [0.717, 1.165) is 48.3 Å². The van der Waals surface area contributed by atoms with E-state index in [9.17, 15) is 0 Å². The highest BCUT2D eigenvalue weighted by Gasteiger charge is 2.11. The third kappa shape index (κ3) is 6.34. The summed E-state index contributed by atoms with van der Waals surface area (Å²) in [7, 11) is 0. The molecule has 0 bridgehead atoms. The molecule has 22 heavy (non-hydrogen) atoms. The fourth-order valence-corrected chi connectivity index (χ4v) is 2.17. The van der Waals surface area contributed by atoms with Crippen molar-refractivity contribution in [1.82, 2.24) is 0 Å². The average molecular weight is 428 g/mol. The zero-order chi connectivity index (χ0) is 16.2. The Balaban J connectivity index is 3.12. The highest BCUT2D eigenvalue weighted by atomic mass is 79.9. The summed E-state index contributed by atoms with van der Waals surface area (Å²) in [6.07, 6.45) is 4.20. The molecule has 0 aliphatic heterocycles. The van der Waals surface area contributed by atoms with Crippen LogP contribution in [0.5, 0.6) is 11.5 Å². The first-order valence-corrected chi connectivity index (χ1v) is 9.02. The van der Waals surface area contributed by atoms with Gasteiger partial charge < -0.3 is 9.47 Å². The predicted octanol–water partition coefficient (Wildman–Crippen LogP) is 5.45. The second-order valence-electron chi connectivity index (χ2n) is 4.69.